The van der Waals surface area contributed by atoms with Crippen LogP contribution in [-0.4, -0.2) is 87.9 Å². The molecule has 0 radical (unpaired) electrons. The van der Waals surface area contributed by atoms with Gasteiger partial charge in [0.25, 0.3) is 17.5 Å². The second kappa shape index (κ2) is 21.4. The fraction of sp³-hybridized carbons (Fsp3) is 0.475. The number of nitro groups is 1. The summed E-state index contributed by atoms with van der Waals surface area (Å²) < 4.78 is 16.2. The second-order valence-electron chi connectivity index (χ2n) is 15.4. The van der Waals surface area contributed by atoms with Gasteiger partial charge in [0, 0.05) is 55.1 Å². The molecule has 0 aromatic heterocycles. The third-order valence-electron chi connectivity index (χ3n) is 9.27. The lowest BCUT2D eigenvalue weighted by Crippen LogP contribution is -2.54. The lowest BCUT2D eigenvalue weighted by Gasteiger charge is -2.35. The average Bonchev–Trinajstić information content (AvgIpc) is 3.51. The van der Waals surface area contributed by atoms with E-state index in [1.165, 1.54) is 41.3 Å². The SMILES string of the molecule is CC(C)C(NC(=O)CCC(C)(C)OCCC(C)(C)N1C(=O)C=CC1=O)C(=O)N[C@@H](CCCNC(N)=O)C(=O)Nc1ccc(COC(=O)Oc2ccc([N+](=O)[O-])cc2)cc1. The van der Waals surface area contributed by atoms with Crippen molar-refractivity contribution in [2.75, 3.05) is 18.5 Å². The third kappa shape index (κ3) is 15.5. The molecule has 0 bridgehead atoms. The van der Waals surface area contributed by atoms with Crippen molar-refractivity contribution < 1.29 is 52.7 Å². The van der Waals surface area contributed by atoms with Gasteiger partial charge in [0.1, 0.15) is 24.4 Å². The molecule has 320 valence electrons. The van der Waals surface area contributed by atoms with Crippen LogP contribution >= 0.6 is 0 Å². The van der Waals surface area contributed by atoms with Gasteiger partial charge in [-0.05, 0) is 89.1 Å². The molecular formula is C40H53N7O12. The van der Waals surface area contributed by atoms with Gasteiger partial charge in [-0.15, -0.1) is 0 Å². The summed E-state index contributed by atoms with van der Waals surface area (Å²) in [6.45, 7) is 10.8. The van der Waals surface area contributed by atoms with E-state index in [0.717, 1.165) is 0 Å². The second-order valence-corrected chi connectivity index (χ2v) is 15.4. The Kier molecular flexibility index (Phi) is 17.1. The van der Waals surface area contributed by atoms with Crippen LogP contribution in [0.5, 0.6) is 5.75 Å². The van der Waals surface area contributed by atoms with Gasteiger partial charge in [0.05, 0.1) is 10.5 Å². The first kappa shape index (κ1) is 47.0. The maximum atomic E-state index is 13.6. The number of nitrogens with two attached hydrogens (primary N) is 1. The first-order valence-corrected chi connectivity index (χ1v) is 19.0. The minimum absolute atomic E-state index is 0.0185. The number of carbonyl (C=O) groups excluding carboxylic acids is 7. The summed E-state index contributed by atoms with van der Waals surface area (Å²) in [5.74, 6) is -2.64. The number of non-ortho nitro benzene ring substituents is 1. The van der Waals surface area contributed by atoms with Crippen LogP contribution in [0.4, 0.5) is 21.0 Å². The molecule has 2 aromatic carbocycles. The van der Waals surface area contributed by atoms with Crippen molar-refractivity contribution in [2.45, 2.75) is 103 Å². The number of primary amides is 1. The van der Waals surface area contributed by atoms with Crippen molar-refractivity contribution in [3.05, 3.63) is 76.4 Å². The number of nitrogens with zero attached hydrogens (tertiary/aromatic N) is 2. The Morgan fingerprint density at radius 2 is 1.51 bits per heavy atom. The summed E-state index contributed by atoms with van der Waals surface area (Å²) >= 11 is 0. The van der Waals surface area contributed by atoms with E-state index in [-0.39, 0.29) is 68.2 Å². The highest BCUT2D eigenvalue weighted by Crippen LogP contribution is 2.26. The predicted molar refractivity (Wildman–Crippen MR) is 213 cm³/mol. The smallest absolute Gasteiger partial charge is 0.429 e. The summed E-state index contributed by atoms with van der Waals surface area (Å²) in [5.41, 5.74) is 4.37. The zero-order valence-electron chi connectivity index (χ0n) is 34.0. The summed E-state index contributed by atoms with van der Waals surface area (Å²) in [5, 5.41) is 21.5. The van der Waals surface area contributed by atoms with Crippen molar-refractivity contribution in [2.24, 2.45) is 11.7 Å². The molecule has 1 unspecified atom stereocenters. The number of amides is 7. The first-order valence-electron chi connectivity index (χ1n) is 19.0. The summed E-state index contributed by atoms with van der Waals surface area (Å²) in [4.78, 5) is 99.2. The van der Waals surface area contributed by atoms with E-state index in [1.54, 1.807) is 52.0 Å². The van der Waals surface area contributed by atoms with Crippen molar-refractivity contribution in [3.8, 4) is 5.75 Å². The molecular weight excluding hydrogens is 770 g/mol. The zero-order chi connectivity index (χ0) is 43.9. The van der Waals surface area contributed by atoms with Crippen LogP contribution in [0, 0.1) is 16.0 Å². The van der Waals surface area contributed by atoms with E-state index in [9.17, 15) is 43.7 Å². The lowest BCUT2D eigenvalue weighted by molar-refractivity contribution is -0.384. The number of nitrogens with one attached hydrogen (secondary N) is 4. The van der Waals surface area contributed by atoms with Gasteiger partial charge in [-0.2, -0.15) is 0 Å². The van der Waals surface area contributed by atoms with E-state index >= 15 is 0 Å². The Labute approximate surface area is 341 Å². The Hall–Kier alpha value is -6.37. The number of carbonyl (C=O) groups is 7. The van der Waals surface area contributed by atoms with Crippen LogP contribution in [0.2, 0.25) is 0 Å². The van der Waals surface area contributed by atoms with E-state index in [1.807, 2.05) is 13.8 Å². The standard InChI is InChI=1S/C40H53N7O12/c1-25(2)34(45-31(48)19-20-40(5,6)58-23-21-39(3,4)46-32(49)17-18-33(46)50)36(52)44-30(8-7-22-42-37(41)53)35(51)43-27-11-9-26(10-12-27)24-57-38(54)59-29-15-13-28(14-16-29)47(55)56/h9-18,25,30,34H,7-8,19-24H2,1-6H3,(H,43,51)(H,44,52)(H,45,48)(H3,41,42,53)/t30-,34?/m0/s1. The number of hydrogen-bond acceptors (Lipinski definition) is 12. The molecule has 7 amide bonds. The summed E-state index contributed by atoms with van der Waals surface area (Å²) in [7, 11) is 0. The van der Waals surface area contributed by atoms with E-state index in [0.29, 0.717) is 24.1 Å². The monoisotopic (exact) mass is 823 g/mol. The fourth-order valence-electron chi connectivity index (χ4n) is 5.82. The largest absolute Gasteiger partial charge is 0.514 e. The molecule has 1 heterocycles. The highest BCUT2D eigenvalue weighted by molar-refractivity contribution is 6.13. The van der Waals surface area contributed by atoms with Crippen molar-refractivity contribution in [1.29, 1.82) is 0 Å². The highest BCUT2D eigenvalue weighted by atomic mass is 16.7. The Bertz CT molecular complexity index is 1860. The van der Waals surface area contributed by atoms with Gasteiger partial charge in [-0.1, -0.05) is 26.0 Å². The molecule has 19 nitrogen and oxygen atoms in total. The predicted octanol–water partition coefficient (Wildman–Crippen LogP) is 3.99. The van der Waals surface area contributed by atoms with Gasteiger partial charge >= 0.3 is 12.2 Å². The number of anilines is 1. The Balaban J connectivity index is 1.54. The van der Waals surface area contributed by atoms with Crippen LogP contribution in [0.25, 0.3) is 0 Å². The van der Waals surface area contributed by atoms with Crippen LogP contribution < -0.4 is 31.7 Å². The Morgan fingerprint density at radius 3 is 2.08 bits per heavy atom. The molecule has 6 N–H and O–H groups in total. The third-order valence-corrected chi connectivity index (χ3v) is 9.27. The quantitative estimate of drug-likeness (QED) is 0.0282. The molecule has 0 saturated carbocycles. The lowest BCUT2D eigenvalue weighted by atomic mass is 9.97. The number of hydrogen-bond donors (Lipinski definition) is 5. The van der Waals surface area contributed by atoms with Crippen molar-refractivity contribution in [3.63, 3.8) is 0 Å². The minimum Gasteiger partial charge on any atom is -0.429 e. The van der Waals surface area contributed by atoms with Crippen LogP contribution in [0.3, 0.4) is 0 Å². The topological polar surface area (TPSA) is 268 Å². The molecule has 0 fully saturated rings. The molecule has 2 aromatic rings. The molecule has 0 aliphatic carbocycles. The number of urea groups is 1. The first-order chi connectivity index (χ1) is 27.7. The summed E-state index contributed by atoms with van der Waals surface area (Å²) in [6.07, 6.45) is 2.51. The molecule has 0 saturated heterocycles. The highest BCUT2D eigenvalue weighted by Gasteiger charge is 2.37. The number of benzene rings is 2. The molecule has 59 heavy (non-hydrogen) atoms. The van der Waals surface area contributed by atoms with Gasteiger partial charge in [-0.25, -0.2) is 9.59 Å². The number of rotatable bonds is 22. The Morgan fingerprint density at radius 1 is 0.881 bits per heavy atom. The van der Waals surface area contributed by atoms with Crippen LogP contribution in [0.1, 0.15) is 79.2 Å². The van der Waals surface area contributed by atoms with E-state index < -0.39 is 58.1 Å². The molecule has 0 spiro atoms. The minimum atomic E-state index is -1.08. The van der Waals surface area contributed by atoms with Gasteiger partial charge in [0.2, 0.25) is 17.7 Å². The molecule has 1 aliphatic heterocycles. The number of ether oxygens (including phenoxy) is 3. The van der Waals surface area contributed by atoms with Gasteiger partial charge in [-0.3, -0.25) is 39.0 Å². The molecule has 3 rings (SSSR count). The average molecular weight is 824 g/mol. The van der Waals surface area contributed by atoms with Crippen LogP contribution in [0.15, 0.2) is 60.7 Å². The zero-order valence-corrected chi connectivity index (χ0v) is 34.0. The van der Waals surface area contributed by atoms with Gasteiger partial charge < -0.3 is 41.2 Å². The number of imide groups is 1. The van der Waals surface area contributed by atoms with Gasteiger partial charge in [0.15, 0.2) is 0 Å². The maximum absolute atomic E-state index is 13.6. The fourth-order valence-corrected chi connectivity index (χ4v) is 5.82. The van der Waals surface area contributed by atoms with Crippen molar-refractivity contribution >= 4 is 53.1 Å². The number of nitro benzene ring substituents is 1. The molecule has 2 atom stereocenters. The maximum Gasteiger partial charge on any atom is 0.514 e. The normalized spacial score (nSPS) is 13.7. The van der Waals surface area contributed by atoms with Crippen LogP contribution in [-0.2, 0) is 40.1 Å². The molecule has 19 heteroatoms. The van der Waals surface area contributed by atoms with Crippen molar-refractivity contribution in [1.82, 2.24) is 20.9 Å². The molecule has 1 aliphatic rings. The summed E-state index contributed by atoms with van der Waals surface area (Å²) in [6, 6.07) is 8.36. The van der Waals surface area contributed by atoms with E-state index in [4.69, 9.17) is 19.9 Å². The van der Waals surface area contributed by atoms with E-state index in [2.05, 4.69) is 21.3 Å².